The third kappa shape index (κ3) is 1.93. The predicted molar refractivity (Wildman–Crippen MR) is 52.3 cm³/mol. The van der Waals surface area contributed by atoms with Gasteiger partial charge in [-0.2, -0.15) is 5.10 Å². The number of hydrogen-bond acceptors (Lipinski definition) is 1. The molecule has 1 heterocycles. The molecule has 0 aliphatic heterocycles. The highest BCUT2D eigenvalue weighted by Gasteiger charge is 2.22. The second-order valence-electron chi connectivity index (χ2n) is 3.50. The van der Waals surface area contributed by atoms with Crippen molar-refractivity contribution in [1.29, 1.82) is 0 Å². The Balaban J connectivity index is 2.06. The van der Waals surface area contributed by atoms with Crippen LogP contribution in [0, 0.1) is 0 Å². The third-order valence-corrected chi connectivity index (χ3v) is 3.22. The second kappa shape index (κ2) is 3.78. The lowest BCUT2D eigenvalue weighted by atomic mass is 9.94. The summed E-state index contributed by atoms with van der Waals surface area (Å²) in [4.78, 5) is 0. The van der Waals surface area contributed by atoms with E-state index in [4.69, 9.17) is 0 Å². The van der Waals surface area contributed by atoms with Crippen LogP contribution in [0.1, 0.15) is 31.7 Å². The van der Waals surface area contributed by atoms with Crippen LogP contribution in [0.3, 0.4) is 0 Å². The van der Waals surface area contributed by atoms with Gasteiger partial charge in [-0.25, -0.2) is 4.39 Å². The number of aromatic nitrogens is 2. The molecule has 4 heteroatoms. The van der Waals surface area contributed by atoms with E-state index in [9.17, 15) is 4.39 Å². The maximum Gasteiger partial charge on any atom is 0.104 e. The molecule has 1 aromatic rings. The first-order valence-corrected chi connectivity index (χ1v) is 5.40. The van der Waals surface area contributed by atoms with E-state index in [-0.39, 0.29) is 0 Å². The van der Waals surface area contributed by atoms with Gasteiger partial charge in [-0.15, -0.1) is 0 Å². The predicted octanol–water partition coefficient (Wildman–Crippen LogP) is 3.10. The lowest BCUT2D eigenvalue weighted by Crippen LogP contribution is -2.19. The van der Waals surface area contributed by atoms with Gasteiger partial charge in [-0.1, -0.05) is 0 Å². The molecule has 0 unspecified atom stereocenters. The van der Waals surface area contributed by atoms with E-state index in [1.54, 1.807) is 6.20 Å². The Bertz CT molecular complexity index is 279. The Morgan fingerprint density at radius 1 is 1.38 bits per heavy atom. The number of alkyl halides is 1. The van der Waals surface area contributed by atoms with Crippen LogP contribution in [0.5, 0.6) is 0 Å². The molecule has 0 spiro atoms. The molecule has 1 aromatic heterocycles. The smallest absolute Gasteiger partial charge is 0.104 e. The summed E-state index contributed by atoms with van der Waals surface area (Å²) in [6, 6.07) is 2.30. The number of halogens is 2. The monoisotopic (exact) mass is 246 g/mol. The molecule has 1 aliphatic carbocycles. The molecule has 2 nitrogen and oxygen atoms in total. The largest absolute Gasteiger partial charge is 0.255 e. The zero-order valence-electron chi connectivity index (χ0n) is 7.29. The Morgan fingerprint density at radius 3 is 2.62 bits per heavy atom. The molecule has 1 fully saturated rings. The molecule has 0 radical (unpaired) electrons. The Hall–Kier alpha value is -0.380. The zero-order valence-corrected chi connectivity index (χ0v) is 8.87. The zero-order chi connectivity index (χ0) is 9.26. The second-order valence-corrected chi connectivity index (χ2v) is 4.32. The summed E-state index contributed by atoms with van der Waals surface area (Å²) < 4.78 is 15.8. The number of nitrogens with zero attached hydrogens (tertiary/aromatic N) is 2. The van der Waals surface area contributed by atoms with Crippen LogP contribution in [0.2, 0.25) is 0 Å². The van der Waals surface area contributed by atoms with Crippen molar-refractivity contribution in [3.05, 3.63) is 16.9 Å². The van der Waals surface area contributed by atoms with Gasteiger partial charge in [0.15, 0.2) is 0 Å². The van der Waals surface area contributed by atoms with Crippen molar-refractivity contribution in [3.63, 3.8) is 0 Å². The third-order valence-electron chi connectivity index (χ3n) is 2.59. The topological polar surface area (TPSA) is 17.8 Å². The molecule has 2 rings (SSSR count). The van der Waals surface area contributed by atoms with Crippen molar-refractivity contribution in [3.8, 4) is 0 Å². The summed E-state index contributed by atoms with van der Waals surface area (Å²) in [5.74, 6) is 0. The van der Waals surface area contributed by atoms with E-state index >= 15 is 0 Å². The lowest BCUT2D eigenvalue weighted by molar-refractivity contribution is 0.200. The van der Waals surface area contributed by atoms with E-state index in [0.29, 0.717) is 18.9 Å². The van der Waals surface area contributed by atoms with E-state index in [0.717, 1.165) is 17.4 Å². The maximum absolute atomic E-state index is 12.9. The van der Waals surface area contributed by atoms with Gasteiger partial charge in [0.2, 0.25) is 0 Å². The summed E-state index contributed by atoms with van der Waals surface area (Å²) in [7, 11) is 0. The lowest BCUT2D eigenvalue weighted by Gasteiger charge is -2.24. The van der Waals surface area contributed by atoms with E-state index in [2.05, 4.69) is 21.0 Å². The van der Waals surface area contributed by atoms with Gasteiger partial charge in [0.1, 0.15) is 10.8 Å². The van der Waals surface area contributed by atoms with Crippen LogP contribution in [0.15, 0.2) is 16.9 Å². The van der Waals surface area contributed by atoms with Crippen molar-refractivity contribution in [2.45, 2.75) is 37.9 Å². The number of rotatable bonds is 1. The molecule has 0 amide bonds. The maximum atomic E-state index is 12.9. The van der Waals surface area contributed by atoms with Gasteiger partial charge in [-0.05, 0) is 47.7 Å². The average molecular weight is 247 g/mol. The van der Waals surface area contributed by atoms with Crippen molar-refractivity contribution in [2.75, 3.05) is 0 Å². The van der Waals surface area contributed by atoms with Gasteiger partial charge in [-0.3, -0.25) is 4.68 Å². The minimum Gasteiger partial charge on any atom is -0.255 e. The first-order valence-electron chi connectivity index (χ1n) is 4.60. The first kappa shape index (κ1) is 9.19. The Labute approximate surface area is 85.3 Å². The van der Waals surface area contributed by atoms with Crippen molar-refractivity contribution in [2.24, 2.45) is 0 Å². The van der Waals surface area contributed by atoms with Gasteiger partial charge in [0, 0.05) is 0 Å². The Kier molecular flexibility index (Phi) is 2.67. The summed E-state index contributed by atoms with van der Waals surface area (Å²) >= 11 is 3.42. The molecule has 1 saturated carbocycles. The molecule has 0 aromatic carbocycles. The molecule has 13 heavy (non-hydrogen) atoms. The molecule has 1 aliphatic rings. The summed E-state index contributed by atoms with van der Waals surface area (Å²) in [5.41, 5.74) is 0. The van der Waals surface area contributed by atoms with E-state index in [1.807, 2.05) is 10.7 Å². The highest BCUT2D eigenvalue weighted by atomic mass is 79.9. The fourth-order valence-corrected chi connectivity index (χ4v) is 2.35. The van der Waals surface area contributed by atoms with Gasteiger partial charge >= 0.3 is 0 Å². The minimum atomic E-state index is -0.592. The molecule has 0 N–H and O–H groups in total. The van der Waals surface area contributed by atoms with Crippen molar-refractivity contribution < 1.29 is 4.39 Å². The summed E-state index contributed by atoms with van der Waals surface area (Å²) in [6.45, 7) is 0. The summed E-state index contributed by atoms with van der Waals surface area (Å²) in [5, 5.41) is 4.21. The van der Waals surface area contributed by atoms with E-state index < -0.39 is 6.17 Å². The van der Waals surface area contributed by atoms with Gasteiger partial charge < -0.3 is 0 Å². The highest BCUT2D eigenvalue weighted by Crippen LogP contribution is 2.31. The molecule has 0 bridgehead atoms. The Morgan fingerprint density at radius 2 is 2.08 bits per heavy atom. The molecule has 0 atom stereocenters. The van der Waals surface area contributed by atoms with Crippen molar-refractivity contribution in [1.82, 2.24) is 9.78 Å². The van der Waals surface area contributed by atoms with Crippen LogP contribution in [-0.2, 0) is 0 Å². The fourth-order valence-electron chi connectivity index (χ4n) is 1.85. The van der Waals surface area contributed by atoms with E-state index in [1.165, 1.54) is 0 Å². The molecular weight excluding hydrogens is 235 g/mol. The van der Waals surface area contributed by atoms with Crippen molar-refractivity contribution >= 4 is 15.9 Å². The normalized spacial score (nSPS) is 29.1. The first-order chi connectivity index (χ1) is 6.27. The quantitative estimate of drug-likeness (QED) is 0.745. The average Bonchev–Trinajstić information content (AvgIpc) is 2.53. The van der Waals surface area contributed by atoms with Crippen LogP contribution >= 0.6 is 15.9 Å². The van der Waals surface area contributed by atoms with Crippen LogP contribution in [0.4, 0.5) is 4.39 Å². The number of hydrogen-bond donors (Lipinski definition) is 0. The standard InChI is InChI=1S/C9H12BrFN2/c10-9-5-6-12-13(9)8-3-1-7(11)2-4-8/h5-8H,1-4H2. The van der Waals surface area contributed by atoms with Crippen LogP contribution in [0.25, 0.3) is 0 Å². The van der Waals surface area contributed by atoms with Crippen LogP contribution < -0.4 is 0 Å². The fraction of sp³-hybridized carbons (Fsp3) is 0.667. The molecule has 72 valence electrons. The van der Waals surface area contributed by atoms with Gasteiger partial charge in [0.25, 0.3) is 0 Å². The SMILES string of the molecule is FC1CCC(n2nccc2Br)CC1. The molecule has 0 saturated heterocycles. The molecular formula is C9H12BrFN2. The summed E-state index contributed by atoms with van der Waals surface area (Å²) in [6.07, 6.45) is 4.34. The highest BCUT2D eigenvalue weighted by molar-refractivity contribution is 9.10. The van der Waals surface area contributed by atoms with Crippen LogP contribution in [-0.4, -0.2) is 16.0 Å². The van der Waals surface area contributed by atoms with Gasteiger partial charge in [0.05, 0.1) is 12.2 Å². The minimum absolute atomic E-state index is 0.386.